The second-order valence-electron chi connectivity index (χ2n) is 8.13. The first kappa shape index (κ1) is 25.2. The van der Waals surface area contributed by atoms with E-state index in [0.717, 1.165) is 5.56 Å². The summed E-state index contributed by atoms with van der Waals surface area (Å²) in [7, 11) is 3.11. The average molecular weight is 497 g/mol. The monoisotopic (exact) mass is 496 g/mol. The topological polar surface area (TPSA) is 99.0 Å². The van der Waals surface area contributed by atoms with Gasteiger partial charge in [-0.2, -0.15) is 4.98 Å². The molecule has 9 nitrogen and oxygen atoms in total. The highest BCUT2D eigenvalue weighted by atomic mass is 19.1. The smallest absolute Gasteiger partial charge is 0.322 e. The molecule has 2 heterocycles. The minimum atomic E-state index is -0.596. The Morgan fingerprint density at radius 3 is 2.67 bits per heavy atom. The molecule has 36 heavy (non-hydrogen) atoms. The summed E-state index contributed by atoms with van der Waals surface area (Å²) < 4.78 is 35.7. The van der Waals surface area contributed by atoms with Gasteiger partial charge >= 0.3 is 6.03 Å². The predicted octanol–water partition coefficient (Wildman–Crippen LogP) is 4.82. The van der Waals surface area contributed by atoms with Crippen LogP contribution < -0.4 is 14.8 Å². The molecule has 0 spiro atoms. The summed E-state index contributed by atoms with van der Waals surface area (Å²) in [6.45, 7) is 5.36. The van der Waals surface area contributed by atoms with E-state index in [1.54, 1.807) is 43.4 Å². The Bertz CT molecular complexity index is 1260. The lowest BCUT2D eigenvalue weighted by Gasteiger charge is -2.35. The number of methoxy groups -OCH3 is 2. The van der Waals surface area contributed by atoms with Crippen molar-refractivity contribution in [2.75, 3.05) is 34.0 Å². The van der Waals surface area contributed by atoms with Gasteiger partial charge in [0.1, 0.15) is 5.82 Å². The molecule has 0 radical (unpaired) electrons. The van der Waals surface area contributed by atoms with Crippen LogP contribution in [0.4, 0.5) is 9.18 Å². The second-order valence-corrected chi connectivity index (χ2v) is 8.13. The van der Waals surface area contributed by atoms with Gasteiger partial charge in [0.2, 0.25) is 5.82 Å². The molecule has 190 valence electrons. The van der Waals surface area contributed by atoms with Gasteiger partial charge in [-0.3, -0.25) is 4.90 Å². The van der Waals surface area contributed by atoms with Crippen LogP contribution in [0.2, 0.25) is 0 Å². The first-order chi connectivity index (χ1) is 17.5. The number of aromatic nitrogens is 2. The number of allylic oxidation sites excluding steroid dienone is 1. The van der Waals surface area contributed by atoms with Gasteiger partial charge in [0, 0.05) is 31.0 Å². The predicted molar refractivity (Wildman–Crippen MR) is 131 cm³/mol. The molecule has 1 aliphatic rings. The number of nitrogens with zero attached hydrogens (tertiary/aromatic N) is 3. The van der Waals surface area contributed by atoms with Crippen LogP contribution in [-0.4, -0.2) is 55.0 Å². The maximum atomic E-state index is 13.8. The summed E-state index contributed by atoms with van der Waals surface area (Å²) in [5.41, 5.74) is 2.53. The number of urea groups is 1. The molecule has 0 fully saturated rings. The van der Waals surface area contributed by atoms with Gasteiger partial charge < -0.3 is 24.1 Å². The van der Waals surface area contributed by atoms with Crippen LogP contribution in [-0.2, 0) is 4.74 Å². The van der Waals surface area contributed by atoms with Crippen molar-refractivity contribution in [1.82, 2.24) is 20.4 Å². The number of benzene rings is 2. The zero-order chi connectivity index (χ0) is 25.7. The minimum absolute atomic E-state index is 0.223. The Morgan fingerprint density at radius 1 is 1.14 bits per heavy atom. The van der Waals surface area contributed by atoms with E-state index in [4.69, 9.17) is 18.7 Å². The minimum Gasteiger partial charge on any atom is -0.493 e. The number of halogens is 1. The molecule has 0 saturated heterocycles. The van der Waals surface area contributed by atoms with Crippen molar-refractivity contribution in [3.8, 4) is 22.9 Å². The fourth-order valence-electron chi connectivity index (χ4n) is 4.16. The number of amides is 2. The van der Waals surface area contributed by atoms with Gasteiger partial charge in [-0.15, -0.1) is 0 Å². The third-order valence-electron chi connectivity index (χ3n) is 5.95. The molecule has 2 aromatic carbocycles. The molecule has 1 aliphatic heterocycles. The van der Waals surface area contributed by atoms with Gasteiger partial charge in [-0.1, -0.05) is 23.4 Å². The maximum Gasteiger partial charge on any atom is 0.322 e. The van der Waals surface area contributed by atoms with Crippen LogP contribution in [0.25, 0.3) is 17.0 Å². The molecular formula is C26H29FN4O5. The summed E-state index contributed by atoms with van der Waals surface area (Å²) in [6, 6.07) is 10.5. The standard InChI is InChI=1S/C26H29FN4O5/c1-5-35-13-7-12-31-16(2)22(25-29-24(30-36-25)18-8-6-9-19(27)14-18)23(28-26(31)32)17-10-11-20(33-3)21(15-17)34-4/h6,8-11,14-15,23H,5,7,12-13H2,1-4H3,(H,28,32). The van der Waals surface area contributed by atoms with E-state index in [0.29, 0.717) is 54.5 Å². The van der Waals surface area contributed by atoms with Crippen molar-refractivity contribution in [1.29, 1.82) is 0 Å². The van der Waals surface area contributed by atoms with E-state index < -0.39 is 11.9 Å². The highest BCUT2D eigenvalue weighted by molar-refractivity contribution is 5.87. The van der Waals surface area contributed by atoms with Crippen molar-refractivity contribution >= 4 is 11.6 Å². The molecule has 1 unspecified atom stereocenters. The number of carbonyl (C=O) groups is 1. The van der Waals surface area contributed by atoms with E-state index in [-0.39, 0.29) is 17.7 Å². The Balaban J connectivity index is 1.77. The summed E-state index contributed by atoms with van der Waals surface area (Å²) >= 11 is 0. The van der Waals surface area contributed by atoms with Crippen LogP contribution in [0.15, 0.2) is 52.7 Å². The number of hydrogen-bond acceptors (Lipinski definition) is 7. The number of nitrogens with one attached hydrogen (secondary N) is 1. The van der Waals surface area contributed by atoms with E-state index in [1.165, 1.54) is 12.1 Å². The largest absolute Gasteiger partial charge is 0.493 e. The van der Waals surface area contributed by atoms with Crippen molar-refractivity contribution in [3.63, 3.8) is 0 Å². The molecule has 1 aromatic heterocycles. The zero-order valence-corrected chi connectivity index (χ0v) is 20.7. The van der Waals surface area contributed by atoms with E-state index in [1.807, 2.05) is 19.9 Å². The number of carbonyl (C=O) groups excluding carboxylic acids is 1. The Kier molecular flexibility index (Phi) is 7.84. The lowest BCUT2D eigenvalue weighted by Crippen LogP contribution is -2.46. The van der Waals surface area contributed by atoms with Crippen molar-refractivity contribution in [2.45, 2.75) is 26.3 Å². The first-order valence-electron chi connectivity index (χ1n) is 11.6. The lowest BCUT2D eigenvalue weighted by atomic mass is 9.94. The Hall–Kier alpha value is -3.92. The van der Waals surface area contributed by atoms with Crippen LogP contribution in [0.5, 0.6) is 11.5 Å². The lowest BCUT2D eigenvalue weighted by molar-refractivity contribution is 0.136. The highest BCUT2D eigenvalue weighted by Gasteiger charge is 2.36. The second kappa shape index (κ2) is 11.2. The molecule has 0 bridgehead atoms. The SMILES string of the molecule is CCOCCCN1C(=O)NC(c2ccc(OC)c(OC)c2)C(c2nc(-c3cccc(F)c3)no2)=C1C. The Morgan fingerprint density at radius 2 is 1.94 bits per heavy atom. The summed E-state index contributed by atoms with van der Waals surface area (Å²) in [5.74, 6) is 1.15. The zero-order valence-electron chi connectivity index (χ0n) is 20.7. The van der Waals surface area contributed by atoms with Gasteiger partial charge in [0.25, 0.3) is 5.89 Å². The molecule has 1 N–H and O–H groups in total. The summed E-state index contributed by atoms with van der Waals surface area (Å²) in [4.78, 5) is 19.3. The molecule has 0 saturated carbocycles. The quantitative estimate of drug-likeness (QED) is 0.402. The van der Waals surface area contributed by atoms with E-state index >= 15 is 0 Å². The van der Waals surface area contributed by atoms with Crippen LogP contribution in [0.1, 0.15) is 37.8 Å². The van der Waals surface area contributed by atoms with E-state index in [9.17, 15) is 9.18 Å². The van der Waals surface area contributed by atoms with Crippen LogP contribution in [0.3, 0.4) is 0 Å². The number of hydrogen-bond donors (Lipinski definition) is 1. The van der Waals surface area contributed by atoms with Crippen molar-refractivity contribution in [2.24, 2.45) is 0 Å². The molecule has 0 aliphatic carbocycles. The van der Waals surface area contributed by atoms with Gasteiger partial charge in [0.15, 0.2) is 11.5 Å². The van der Waals surface area contributed by atoms with Crippen molar-refractivity contribution in [3.05, 3.63) is 65.4 Å². The fraction of sp³-hybridized carbons (Fsp3) is 0.346. The summed E-state index contributed by atoms with van der Waals surface area (Å²) in [5, 5.41) is 7.13. The third kappa shape index (κ3) is 5.18. The normalized spacial score (nSPS) is 15.8. The van der Waals surface area contributed by atoms with Gasteiger partial charge in [0.05, 0.1) is 25.8 Å². The van der Waals surface area contributed by atoms with E-state index in [2.05, 4.69) is 15.5 Å². The average Bonchev–Trinajstić information content (AvgIpc) is 3.37. The van der Waals surface area contributed by atoms with Crippen LogP contribution >= 0.6 is 0 Å². The van der Waals surface area contributed by atoms with Crippen molar-refractivity contribution < 1.29 is 27.9 Å². The third-order valence-corrected chi connectivity index (χ3v) is 5.95. The number of ether oxygens (including phenoxy) is 3. The summed E-state index contributed by atoms with van der Waals surface area (Å²) in [6.07, 6.45) is 0.658. The molecular weight excluding hydrogens is 467 g/mol. The van der Waals surface area contributed by atoms with Crippen LogP contribution in [0, 0.1) is 5.82 Å². The van der Waals surface area contributed by atoms with Gasteiger partial charge in [-0.05, 0) is 50.1 Å². The molecule has 10 heteroatoms. The maximum absolute atomic E-state index is 13.8. The Labute approximate surface area is 208 Å². The molecule has 3 aromatic rings. The highest BCUT2D eigenvalue weighted by Crippen LogP contribution is 2.40. The molecule has 1 atom stereocenters. The number of rotatable bonds is 10. The fourth-order valence-corrected chi connectivity index (χ4v) is 4.16. The van der Waals surface area contributed by atoms with Gasteiger partial charge in [-0.25, -0.2) is 9.18 Å². The molecule has 4 rings (SSSR count). The molecule has 2 amide bonds. The first-order valence-corrected chi connectivity index (χ1v) is 11.6.